The number of ether oxygens (including phenoxy) is 8. The van der Waals surface area contributed by atoms with Gasteiger partial charge in [-0.3, -0.25) is 0 Å². The molecule has 0 radical (unpaired) electrons. The van der Waals surface area contributed by atoms with Crippen LogP contribution >= 0.6 is 0 Å². The third-order valence-corrected chi connectivity index (χ3v) is 8.08. The van der Waals surface area contributed by atoms with Gasteiger partial charge in [-0.1, -0.05) is 11.6 Å². The molecule has 9 heteroatoms. The molecule has 2 unspecified atom stereocenters. The molecule has 0 amide bonds. The van der Waals surface area contributed by atoms with Gasteiger partial charge in [0.1, 0.15) is 30.0 Å². The van der Waals surface area contributed by atoms with E-state index in [1.165, 1.54) is 11.6 Å². The largest absolute Gasteiger partial charge is 0.493 e. The summed E-state index contributed by atoms with van der Waals surface area (Å²) in [6.07, 6.45) is 6.95. The van der Waals surface area contributed by atoms with Crippen molar-refractivity contribution in [1.29, 1.82) is 0 Å². The van der Waals surface area contributed by atoms with Gasteiger partial charge in [-0.2, -0.15) is 0 Å². The zero-order chi connectivity index (χ0) is 28.9. The van der Waals surface area contributed by atoms with Gasteiger partial charge < -0.3 is 37.9 Å². The van der Waals surface area contributed by atoms with Crippen LogP contribution < -0.4 is 14.2 Å². The van der Waals surface area contributed by atoms with Crippen LogP contribution in [-0.2, 0) is 28.5 Å². The van der Waals surface area contributed by atoms with Gasteiger partial charge in [0.15, 0.2) is 11.5 Å². The monoisotopic (exact) mass is 560 g/mol. The van der Waals surface area contributed by atoms with E-state index >= 15 is 0 Å². The summed E-state index contributed by atoms with van der Waals surface area (Å²) in [6.45, 7) is 10.3. The summed E-state index contributed by atoms with van der Waals surface area (Å²) in [7, 11) is 4.78. The SMILES string of the molecule is CCOCCOc1c(OC)cc(/C=C/C(=O)O[C@@H]2CC[C@]3(CO3)C(C3(C)O[C@H]3CC=C(C)C)[C@@H]2OC)cc1OC. The van der Waals surface area contributed by atoms with Gasteiger partial charge in [0.2, 0.25) is 5.75 Å². The molecule has 1 saturated carbocycles. The van der Waals surface area contributed by atoms with Gasteiger partial charge >= 0.3 is 5.97 Å². The molecule has 2 saturated heterocycles. The van der Waals surface area contributed by atoms with Crippen LogP contribution in [0.1, 0.15) is 52.5 Å². The average Bonchev–Trinajstić information content (AvgIpc) is 3.86. The Hall–Kier alpha value is -2.59. The summed E-state index contributed by atoms with van der Waals surface area (Å²) >= 11 is 0. The first-order valence-electron chi connectivity index (χ1n) is 14.0. The molecule has 1 aliphatic carbocycles. The summed E-state index contributed by atoms with van der Waals surface area (Å²) in [6, 6.07) is 3.56. The Morgan fingerprint density at radius 3 is 2.40 bits per heavy atom. The predicted molar refractivity (Wildman–Crippen MR) is 150 cm³/mol. The Labute approximate surface area is 237 Å². The van der Waals surface area contributed by atoms with Crippen molar-refractivity contribution in [3.05, 3.63) is 35.4 Å². The lowest BCUT2D eigenvalue weighted by Gasteiger charge is -2.42. The fourth-order valence-corrected chi connectivity index (χ4v) is 5.91. The van der Waals surface area contributed by atoms with E-state index in [0.29, 0.717) is 55.7 Å². The third kappa shape index (κ3) is 6.65. The van der Waals surface area contributed by atoms with Gasteiger partial charge in [-0.05, 0) is 70.7 Å². The van der Waals surface area contributed by atoms with Gasteiger partial charge in [-0.15, -0.1) is 0 Å². The molecule has 1 aromatic rings. The van der Waals surface area contributed by atoms with Crippen LogP contribution in [0.4, 0.5) is 0 Å². The van der Waals surface area contributed by atoms with Gasteiger partial charge in [0.25, 0.3) is 0 Å². The number of methoxy groups -OCH3 is 3. The minimum Gasteiger partial charge on any atom is -0.493 e. The number of rotatable bonds is 14. The predicted octanol–water partition coefficient (Wildman–Crippen LogP) is 4.75. The molecule has 0 aromatic heterocycles. The second-order valence-corrected chi connectivity index (χ2v) is 11.0. The van der Waals surface area contributed by atoms with E-state index < -0.39 is 12.1 Å². The van der Waals surface area contributed by atoms with Crippen molar-refractivity contribution in [2.75, 3.05) is 47.8 Å². The Balaban J connectivity index is 1.44. The molecule has 1 spiro atoms. The van der Waals surface area contributed by atoms with Crippen molar-refractivity contribution in [2.24, 2.45) is 5.92 Å². The highest BCUT2D eigenvalue weighted by Gasteiger charge is 2.72. The Bertz CT molecular complexity index is 1060. The zero-order valence-corrected chi connectivity index (χ0v) is 24.8. The first kappa shape index (κ1) is 30.4. The van der Waals surface area contributed by atoms with E-state index in [-0.39, 0.29) is 29.3 Å². The maximum absolute atomic E-state index is 13.0. The molecule has 9 nitrogen and oxygen atoms in total. The maximum Gasteiger partial charge on any atom is 0.331 e. The summed E-state index contributed by atoms with van der Waals surface area (Å²) in [5.74, 6) is 0.994. The smallest absolute Gasteiger partial charge is 0.331 e. The van der Waals surface area contributed by atoms with E-state index in [1.807, 2.05) is 6.92 Å². The fraction of sp³-hybridized carbons (Fsp3) is 0.645. The molecule has 6 atom stereocenters. The standard InChI is InChI=1S/C31H44O9/c1-8-36-15-16-37-27-23(33-5)17-21(18-24(27)34-6)10-12-26(32)39-22-13-14-31(19-38-31)29(28(22)35-7)30(4)25(40-30)11-9-20(2)3/h9-10,12,17-18,22,25,28-29H,8,11,13-16,19H2,1-7H3/b12-10+/t22-,25+,28-,29?,30?,31+/m1/s1. The zero-order valence-electron chi connectivity index (χ0n) is 24.8. The second kappa shape index (κ2) is 12.9. The lowest BCUT2D eigenvalue weighted by Crippen LogP contribution is -2.55. The number of epoxide rings is 2. The normalized spacial score (nSPS) is 30.7. The van der Waals surface area contributed by atoms with Crippen LogP contribution in [0.2, 0.25) is 0 Å². The lowest BCUT2D eigenvalue weighted by molar-refractivity contribution is -0.166. The van der Waals surface area contributed by atoms with Crippen molar-refractivity contribution in [3.8, 4) is 17.2 Å². The minimum absolute atomic E-state index is 0.0279. The highest BCUT2D eigenvalue weighted by Crippen LogP contribution is 2.59. The molecule has 2 heterocycles. The topological polar surface area (TPSA) is 97.5 Å². The highest BCUT2D eigenvalue weighted by atomic mass is 16.6. The van der Waals surface area contributed by atoms with Crippen molar-refractivity contribution in [1.82, 2.24) is 0 Å². The average molecular weight is 561 g/mol. The highest BCUT2D eigenvalue weighted by molar-refractivity contribution is 5.87. The summed E-state index contributed by atoms with van der Waals surface area (Å²) < 4.78 is 46.4. The van der Waals surface area contributed by atoms with Crippen LogP contribution in [0.15, 0.2) is 29.9 Å². The van der Waals surface area contributed by atoms with E-state index in [9.17, 15) is 4.79 Å². The van der Waals surface area contributed by atoms with Gasteiger partial charge in [0.05, 0.1) is 39.5 Å². The van der Waals surface area contributed by atoms with E-state index in [2.05, 4.69) is 26.8 Å². The summed E-state index contributed by atoms with van der Waals surface area (Å²) in [5.41, 5.74) is 1.32. The maximum atomic E-state index is 13.0. The molecule has 2 aliphatic heterocycles. The molecular weight excluding hydrogens is 516 g/mol. The van der Waals surface area contributed by atoms with E-state index in [1.54, 1.807) is 39.5 Å². The Kier molecular flexibility index (Phi) is 9.82. The van der Waals surface area contributed by atoms with Crippen LogP contribution in [-0.4, -0.2) is 83.2 Å². The van der Waals surface area contributed by atoms with Crippen molar-refractivity contribution in [3.63, 3.8) is 0 Å². The number of allylic oxidation sites excluding steroid dienone is 1. The molecule has 0 bridgehead atoms. The van der Waals surface area contributed by atoms with Crippen molar-refractivity contribution >= 4 is 12.0 Å². The number of esters is 1. The van der Waals surface area contributed by atoms with Crippen molar-refractivity contribution < 1.29 is 42.7 Å². The number of carbonyl (C=O) groups excluding carboxylic acids is 1. The van der Waals surface area contributed by atoms with Gasteiger partial charge in [0, 0.05) is 19.8 Å². The molecular formula is C31H44O9. The number of hydrogen-bond donors (Lipinski definition) is 0. The lowest BCUT2D eigenvalue weighted by atomic mass is 9.68. The summed E-state index contributed by atoms with van der Waals surface area (Å²) in [5, 5.41) is 0. The first-order chi connectivity index (χ1) is 19.2. The fourth-order valence-electron chi connectivity index (χ4n) is 5.91. The number of carbonyl (C=O) groups is 1. The van der Waals surface area contributed by atoms with Crippen LogP contribution in [0.3, 0.4) is 0 Å². The molecule has 222 valence electrons. The van der Waals surface area contributed by atoms with Gasteiger partial charge in [-0.25, -0.2) is 4.79 Å². The molecule has 40 heavy (non-hydrogen) atoms. The Morgan fingerprint density at radius 1 is 1.12 bits per heavy atom. The molecule has 0 N–H and O–H groups in total. The first-order valence-corrected chi connectivity index (χ1v) is 14.0. The summed E-state index contributed by atoms with van der Waals surface area (Å²) in [4.78, 5) is 13.0. The van der Waals surface area contributed by atoms with Crippen LogP contribution in [0.5, 0.6) is 17.2 Å². The minimum atomic E-state index is -0.448. The quantitative estimate of drug-likeness (QED) is 0.105. The Morgan fingerprint density at radius 2 is 1.82 bits per heavy atom. The molecule has 3 fully saturated rings. The molecule has 3 aliphatic rings. The molecule has 4 rings (SSSR count). The second-order valence-electron chi connectivity index (χ2n) is 11.0. The van der Waals surface area contributed by atoms with E-state index in [0.717, 1.165) is 12.8 Å². The third-order valence-electron chi connectivity index (χ3n) is 8.08. The number of benzene rings is 1. The van der Waals surface area contributed by atoms with E-state index in [4.69, 9.17) is 37.9 Å². The van der Waals surface area contributed by atoms with Crippen molar-refractivity contribution in [2.45, 2.75) is 76.5 Å². The van der Waals surface area contributed by atoms with Crippen LogP contribution in [0, 0.1) is 5.92 Å². The molecule has 1 aromatic carbocycles. The van der Waals surface area contributed by atoms with Crippen LogP contribution in [0.25, 0.3) is 6.08 Å². The number of hydrogen-bond acceptors (Lipinski definition) is 9.